The number of rotatable bonds is 4. The molecule has 20 heavy (non-hydrogen) atoms. The molecule has 3 rings (SSSR count). The number of carboxylic acids is 1. The van der Waals surface area contributed by atoms with Crippen LogP contribution in [-0.2, 0) is 0 Å². The Bertz CT molecular complexity index is 621. The molecule has 1 aliphatic rings. The van der Waals surface area contributed by atoms with Gasteiger partial charge in [-0.2, -0.15) is 5.10 Å². The van der Waals surface area contributed by atoms with Gasteiger partial charge in [0.1, 0.15) is 0 Å². The Morgan fingerprint density at radius 3 is 2.65 bits per heavy atom. The van der Waals surface area contributed by atoms with Crippen molar-refractivity contribution in [3.8, 4) is 0 Å². The van der Waals surface area contributed by atoms with Gasteiger partial charge < -0.3 is 10.4 Å². The fraction of sp³-hybridized carbons (Fsp3) is 0.267. The highest BCUT2D eigenvalue weighted by molar-refractivity contribution is 5.89. The van der Waals surface area contributed by atoms with Crippen LogP contribution in [0.25, 0.3) is 0 Å². The summed E-state index contributed by atoms with van der Waals surface area (Å²) >= 11 is 0. The van der Waals surface area contributed by atoms with Gasteiger partial charge in [-0.05, 0) is 43.2 Å². The SMILES string of the molecule is O=C(O)c1cccc(Nc2ccc(C3CCC3)nn2)c1. The fourth-order valence-electron chi connectivity index (χ4n) is 2.21. The second kappa shape index (κ2) is 5.28. The summed E-state index contributed by atoms with van der Waals surface area (Å²) in [4.78, 5) is 10.9. The lowest BCUT2D eigenvalue weighted by Gasteiger charge is -2.24. The number of carboxylic acid groups (broad SMARTS) is 1. The van der Waals surface area contributed by atoms with Gasteiger partial charge in [-0.15, -0.1) is 5.10 Å². The molecular formula is C15H15N3O2. The van der Waals surface area contributed by atoms with Crippen molar-refractivity contribution in [2.75, 3.05) is 5.32 Å². The minimum Gasteiger partial charge on any atom is -0.478 e. The van der Waals surface area contributed by atoms with Gasteiger partial charge in [0, 0.05) is 11.6 Å². The Morgan fingerprint density at radius 1 is 1.20 bits per heavy atom. The van der Waals surface area contributed by atoms with Crippen LogP contribution in [0.15, 0.2) is 36.4 Å². The van der Waals surface area contributed by atoms with Crippen LogP contribution in [-0.4, -0.2) is 21.3 Å². The monoisotopic (exact) mass is 269 g/mol. The average Bonchev–Trinajstić information content (AvgIpc) is 2.39. The van der Waals surface area contributed by atoms with Crippen LogP contribution in [0.2, 0.25) is 0 Å². The van der Waals surface area contributed by atoms with E-state index in [1.807, 2.05) is 12.1 Å². The zero-order valence-corrected chi connectivity index (χ0v) is 10.9. The normalized spacial score (nSPS) is 14.6. The molecule has 5 heteroatoms. The smallest absolute Gasteiger partial charge is 0.335 e. The Hall–Kier alpha value is -2.43. The minimum atomic E-state index is -0.944. The third-order valence-corrected chi connectivity index (χ3v) is 3.59. The lowest BCUT2D eigenvalue weighted by atomic mass is 9.83. The molecule has 0 saturated heterocycles. The summed E-state index contributed by atoms with van der Waals surface area (Å²) in [6.07, 6.45) is 3.67. The van der Waals surface area contributed by atoms with E-state index in [4.69, 9.17) is 5.11 Å². The van der Waals surface area contributed by atoms with Crippen LogP contribution in [0.4, 0.5) is 11.5 Å². The van der Waals surface area contributed by atoms with Gasteiger partial charge in [-0.1, -0.05) is 12.5 Å². The Morgan fingerprint density at radius 2 is 2.05 bits per heavy atom. The molecule has 1 aliphatic carbocycles. The highest BCUT2D eigenvalue weighted by Gasteiger charge is 2.20. The summed E-state index contributed by atoms with van der Waals surface area (Å²) in [7, 11) is 0. The van der Waals surface area contributed by atoms with E-state index in [2.05, 4.69) is 15.5 Å². The predicted octanol–water partition coefficient (Wildman–Crippen LogP) is 3.19. The van der Waals surface area contributed by atoms with Gasteiger partial charge in [-0.25, -0.2) is 4.79 Å². The molecule has 0 atom stereocenters. The first kappa shape index (κ1) is 12.6. The average molecular weight is 269 g/mol. The Labute approximate surface area is 116 Å². The highest BCUT2D eigenvalue weighted by atomic mass is 16.4. The first-order valence-corrected chi connectivity index (χ1v) is 6.66. The van der Waals surface area contributed by atoms with Crippen LogP contribution in [0.3, 0.4) is 0 Å². The molecule has 5 nitrogen and oxygen atoms in total. The van der Waals surface area contributed by atoms with E-state index in [0.29, 0.717) is 17.4 Å². The summed E-state index contributed by atoms with van der Waals surface area (Å²) in [6, 6.07) is 10.5. The lowest BCUT2D eigenvalue weighted by molar-refractivity contribution is 0.0697. The van der Waals surface area contributed by atoms with E-state index in [0.717, 1.165) is 5.69 Å². The number of benzene rings is 1. The molecule has 1 fully saturated rings. The Balaban J connectivity index is 1.73. The number of aromatic carboxylic acids is 1. The van der Waals surface area contributed by atoms with Gasteiger partial charge >= 0.3 is 5.97 Å². The standard InChI is InChI=1S/C15H15N3O2/c19-15(20)11-5-2-6-12(9-11)16-14-8-7-13(17-18-14)10-3-1-4-10/h2,5-10H,1,3-4H2,(H,16,18)(H,19,20). The lowest BCUT2D eigenvalue weighted by Crippen LogP contribution is -2.11. The van der Waals surface area contributed by atoms with Gasteiger partial charge in [0.05, 0.1) is 11.3 Å². The summed E-state index contributed by atoms with van der Waals surface area (Å²) in [5.74, 6) is 0.238. The zero-order valence-electron chi connectivity index (χ0n) is 10.9. The summed E-state index contributed by atoms with van der Waals surface area (Å²) in [5, 5.41) is 20.4. The second-order valence-electron chi connectivity index (χ2n) is 4.98. The topological polar surface area (TPSA) is 75.1 Å². The van der Waals surface area contributed by atoms with Crippen LogP contribution in [0.1, 0.15) is 41.2 Å². The second-order valence-corrected chi connectivity index (χ2v) is 4.98. The van der Waals surface area contributed by atoms with Crippen LogP contribution < -0.4 is 5.32 Å². The van der Waals surface area contributed by atoms with Crippen molar-refractivity contribution in [2.45, 2.75) is 25.2 Å². The number of hydrogen-bond donors (Lipinski definition) is 2. The number of nitrogens with one attached hydrogen (secondary N) is 1. The molecular weight excluding hydrogens is 254 g/mol. The van der Waals surface area contributed by atoms with Crippen molar-refractivity contribution >= 4 is 17.5 Å². The molecule has 2 N–H and O–H groups in total. The van der Waals surface area contributed by atoms with Crippen molar-refractivity contribution in [1.82, 2.24) is 10.2 Å². The van der Waals surface area contributed by atoms with Crippen molar-refractivity contribution in [3.05, 3.63) is 47.7 Å². The summed E-state index contributed by atoms with van der Waals surface area (Å²) < 4.78 is 0. The maximum Gasteiger partial charge on any atom is 0.335 e. The van der Waals surface area contributed by atoms with Gasteiger partial charge in [0.2, 0.25) is 0 Å². The van der Waals surface area contributed by atoms with Crippen LogP contribution in [0.5, 0.6) is 0 Å². The number of aromatic nitrogens is 2. The predicted molar refractivity (Wildman–Crippen MR) is 75.3 cm³/mol. The molecule has 0 unspecified atom stereocenters. The van der Waals surface area contributed by atoms with E-state index in [-0.39, 0.29) is 5.56 Å². The van der Waals surface area contributed by atoms with Gasteiger partial charge in [-0.3, -0.25) is 0 Å². The number of hydrogen-bond acceptors (Lipinski definition) is 4. The Kier molecular flexibility index (Phi) is 3.33. The molecule has 1 aromatic heterocycles. The largest absolute Gasteiger partial charge is 0.478 e. The summed E-state index contributed by atoms with van der Waals surface area (Å²) in [6.45, 7) is 0. The van der Waals surface area contributed by atoms with E-state index < -0.39 is 5.97 Å². The van der Waals surface area contributed by atoms with Crippen molar-refractivity contribution in [3.63, 3.8) is 0 Å². The van der Waals surface area contributed by atoms with E-state index in [1.54, 1.807) is 24.3 Å². The molecule has 1 heterocycles. The molecule has 2 aromatic rings. The van der Waals surface area contributed by atoms with Gasteiger partial charge in [0.15, 0.2) is 5.82 Å². The molecule has 0 aliphatic heterocycles. The molecule has 1 saturated carbocycles. The van der Waals surface area contributed by atoms with Crippen molar-refractivity contribution in [1.29, 1.82) is 0 Å². The third kappa shape index (κ3) is 2.61. The number of anilines is 2. The van der Waals surface area contributed by atoms with E-state index >= 15 is 0 Å². The molecule has 0 bridgehead atoms. The van der Waals surface area contributed by atoms with Gasteiger partial charge in [0.25, 0.3) is 0 Å². The maximum absolute atomic E-state index is 10.9. The van der Waals surface area contributed by atoms with E-state index in [1.165, 1.54) is 19.3 Å². The van der Waals surface area contributed by atoms with Crippen LogP contribution >= 0.6 is 0 Å². The molecule has 0 amide bonds. The molecule has 0 radical (unpaired) electrons. The summed E-state index contributed by atoms with van der Waals surface area (Å²) in [5.41, 5.74) is 1.98. The first-order chi connectivity index (χ1) is 9.72. The number of nitrogens with zero attached hydrogens (tertiary/aromatic N) is 2. The zero-order chi connectivity index (χ0) is 13.9. The molecule has 1 aromatic carbocycles. The fourth-order valence-corrected chi connectivity index (χ4v) is 2.21. The minimum absolute atomic E-state index is 0.244. The van der Waals surface area contributed by atoms with Crippen LogP contribution in [0, 0.1) is 0 Å². The van der Waals surface area contributed by atoms with E-state index in [9.17, 15) is 4.79 Å². The quantitative estimate of drug-likeness (QED) is 0.891. The maximum atomic E-state index is 10.9. The molecule has 0 spiro atoms. The molecule has 102 valence electrons. The van der Waals surface area contributed by atoms with Crippen molar-refractivity contribution in [2.24, 2.45) is 0 Å². The van der Waals surface area contributed by atoms with Crippen molar-refractivity contribution < 1.29 is 9.90 Å². The third-order valence-electron chi connectivity index (χ3n) is 3.59. The number of carbonyl (C=O) groups is 1. The highest BCUT2D eigenvalue weighted by Crippen LogP contribution is 2.35. The first-order valence-electron chi connectivity index (χ1n) is 6.66.